The summed E-state index contributed by atoms with van der Waals surface area (Å²) in [6, 6.07) is 5.81. The number of hydrogen-bond donors (Lipinski definition) is 0. The monoisotopic (exact) mass is 329 g/mol. The molecule has 0 saturated heterocycles. The van der Waals surface area contributed by atoms with E-state index in [4.69, 9.17) is 11.6 Å². The molecule has 0 atom stereocenters. The Bertz CT molecular complexity index is 443. The van der Waals surface area contributed by atoms with Gasteiger partial charge in [0.2, 0.25) is 0 Å². The van der Waals surface area contributed by atoms with Crippen molar-refractivity contribution in [3.63, 3.8) is 0 Å². The van der Waals surface area contributed by atoms with Crippen molar-refractivity contribution in [2.75, 3.05) is 6.54 Å². The number of carbonyl (C=O) groups is 1. The summed E-state index contributed by atoms with van der Waals surface area (Å²) in [4.78, 5) is 14.5. The Balaban J connectivity index is 2.25. The molecule has 2 nitrogen and oxygen atoms in total. The van der Waals surface area contributed by atoms with E-state index in [2.05, 4.69) is 15.9 Å². The highest BCUT2D eigenvalue weighted by Crippen LogP contribution is 2.27. The lowest BCUT2D eigenvalue weighted by atomic mass is 10.1. The first-order chi connectivity index (χ1) is 8.63. The summed E-state index contributed by atoms with van der Waals surface area (Å²) in [5, 5.41) is 0.527. The van der Waals surface area contributed by atoms with Gasteiger partial charge in [-0.1, -0.05) is 40.4 Å². The van der Waals surface area contributed by atoms with Gasteiger partial charge in [-0.25, -0.2) is 0 Å². The molecule has 2 rings (SSSR count). The molecule has 0 aliphatic heterocycles. The van der Waals surface area contributed by atoms with Gasteiger partial charge >= 0.3 is 0 Å². The van der Waals surface area contributed by atoms with Gasteiger partial charge in [0.25, 0.3) is 5.91 Å². The predicted molar refractivity (Wildman–Crippen MR) is 78.1 cm³/mol. The highest BCUT2D eigenvalue weighted by Gasteiger charge is 2.27. The number of benzene rings is 1. The fraction of sp³-hybridized carbons (Fsp3) is 0.500. The van der Waals surface area contributed by atoms with E-state index in [-0.39, 0.29) is 5.91 Å². The van der Waals surface area contributed by atoms with Crippen LogP contribution in [0, 0.1) is 0 Å². The number of carbonyl (C=O) groups excluding carboxylic acids is 1. The molecule has 1 amide bonds. The van der Waals surface area contributed by atoms with Crippen LogP contribution in [0.1, 0.15) is 43.0 Å². The summed E-state index contributed by atoms with van der Waals surface area (Å²) < 4.78 is 0.887. The van der Waals surface area contributed by atoms with Crippen molar-refractivity contribution >= 4 is 33.4 Å². The molecule has 0 aromatic heterocycles. The molecule has 1 aromatic carbocycles. The SMILES string of the molecule is CCN(C(=O)c1cc(Br)ccc1Cl)C1CCCC1. The Labute approximate surface area is 121 Å². The minimum absolute atomic E-state index is 0.0516. The number of amides is 1. The van der Waals surface area contributed by atoms with Crippen LogP contribution in [0.5, 0.6) is 0 Å². The fourth-order valence-electron chi connectivity index (χ4n) is 2.60. The summed E-state index contributed by atoms with van der Waals surface area (Å²) in [5.41, 5.74) is 0.597. The number of hydrogen-bond acceptors (Lipinski definition) is 1. The van der Waals surface area contributed by atoms with Crippen LogP contribution in [-0.2, 0) is 0 Å². The number of nitrogens with zero attached hydrogens (tertiary/aromatic N) is 1. The van der Waals surface area contributed by atoms with Crippen LogP contribution >= 0.6 is 27.5 Å². The Morgan fingerprint density at radius 3 is 2.72 bits per heavy atom. The van der Waals surface area contributed by atoms with Gasteiger partial charge in [0.1, 0.15) is 0 Å². The first-order valence-electron chi connectivity index (χ1n) is 6.39. The maximum absolute atomic E-state index is 12.6. The van der Waals surface area contributed by atoms with Crippen molar-refractivity contribution in [3.8, 4) is 0 Å². The van der Waals surface area contributed by atoms with Crippen LogP contribution in [-0.4, -0.2) is 23.4 Å². The van der Waals surface area contributed by atoms with Gasteiger partial charge in [-0.2, -0.15) is 0 Å². The molecule has 1 fully saturated rings. The summed E-state index contributed by atoms with van der Waals surface area (Å²) in [6.07, 6.45) is 4.68. The van der Waals surface area contributed by atoms with Gasteiger partial charge in [-0.05, 0) is 38.0 Å². The van der Waals surface area contributed by atoms with Crippen LogP contribution < -0.4 is 0 Å². The number of halogens is 2. The van der Waals surface area contributed by atoms with Crippen molar-refractivity contribution in [1.29, 1.82) is 0 Å². The molecule has 4 heteroatoms. The maximum atomic E-state index is 12.6. The summed E-state index contributed by atoms with van der Waals surface area (Å²) in [5.74, 6) is 0.0516. The lowest BCUT2D eigenvalue weighted by Crippen LogP contribution is -2.38. The van der Waals surface area contributed by atoms with Gasteiger partial charge < -0.3 is 4.90 Å². The first kappa shape index (κ1) is 13.9. The molecule has 0 radical (unpaired) electrons. The summed E-state index contributed by atoms with van der Waals surface area (Å²) in [6.45, 7) is 2.77. The third kappa shape index (κ3) is 2.89. The molecule has 0 heterocycles. The quantitative estimate of drug-likeness (QED) is 0.798. The predicted octanol–water partition coefficient (Wildman–Crippen LogP) is 4.51. The lowest BCUT2D eigenvalue weighted by Gasteiger charge is -2.28. The molecule has 0 spiro atoms. The van der Waals surface area contributed by atoms with E-state index in [1.807, 2.05) is 24.0 Å². The van der Waals surface area contributed by atoms with Gasteiger partial charge in [0.15, 0.2) is 0 Å². The van der Waals surface area contributed by atoms with E-state index >= 15 is 0 Å². The van der Waals surface area contributed by atoms with Crippen LogP contribution in [0.3, 0.4) is 0 Å². The third-order valence-corrected chi connectivity index (χ3v) is 4.35. The molecule has 1 saturated carbocycles. The molecule has 98 valence electrons. The smallest absolute Gasteiger partial charge is 0.255 e. The van der Waals surface area contributed by atoms with Gasteiger partial charge in [0.05, 0.1) is 10.6 Å². The second kappa shape index (κ2) is 6.07. The van der Waals surface area contributed by atoms with Crippen molar-refractivity contribution < 1.29 is 4.79 Å². The van der Waals surface area contributed by atoms with Crippen LogP contribution in [0.15, 0.2) is 22.7 Å². The second-order valence-electron chi connectivity index (χ2n) is 4.65. The van der Waals surface area contributed by atoms with Crippen molar-refractivity contribution in [3.05, 3.63) is 33.3 Å². The largest absolute Gasteiger partial charge is 0.336 e. The van der Waals surface area contributed by atoms with Crippen molar-refractivity contribution in [1.82, 2.24) is 4.90 Å². The molecule has 18 heavy (non-hydrogen) atoms. The fourth-order valence-corrected chi connectivity index (χ4v) is 3.16. The normalized spacial score (nSPS) is 15.9. The molecule has 0 unspecified atom stereocenters. The van der Waals surface area contributed by atoms with E-state index in [9.17, 15) is 4.79 Å². The molecule has 1 aliphatic carbocycles. The Morgan fingerprint density at radius 1 is 1.44 bits per heavy atom. The van der Waals surface area contributed by atoms with Gasteiger partial charge in [-0.3, -0.25) is 4.79 Å². The molecule has 0 N–H and O–H groups in total. The highest BCUT2D eigenvalue weighted by molar-refractivity contribution is 9.10. The lowest BCUT2D eigenvalue weighted by molar-refractivity contribution is 0.0693. The van der Waals surface area contributed by atoms with Crippen LogP contribution in [0.25, 0.3) is 0 Å². The minimum atomic E-state index is 0.0516. The third-order valence-electron chi connectivity index (χ3n) is 3.53. The molecule has 0 bridgehead atoms. The first-order valence-corrected chi connectivity index (χ1v) is 7.56. The van der Waals surface area contributed by atoms with Crippen molar-refractivity contribution in [2.24, 2.45) is 0 Å². The molecular formula is C14H17BrClNO. The average Bonchev–Trinajstić information content (AvgIpc) is 2.87. The van der Waals surface area contributed by atoms with Gasteiger partial charge in [0, 0.05) is 17.1 Å². The zero-order valence-electron chi connectivity index (χ0n) is 10.5. The van der Waals surface area contributed by atoms with E-state index in [1.165, 1.54) is 12.8 Å². The van der Waals surface area contributed by atoms with Gasteiger partial charge in [-0.15, -0.1) is 0 Å². The van der Waals surface area contributed by atoms with E-state index in [0.29, 0.717) is 16.6 Å². The Morgan fingerprint density at radius 2 is 2.11 bits per heavy atom. The number of rotatable bonds is 3. The highest BCUT2D eigenvalue weighted by atomic mass is 79.9. The molecule has 1 aliphatic rings. The second-order valence-corrected chi connectivity index (χ2v) is 5.98. The molecule has 1 aromatic rings. The van der Waals surface area contributed by atoms with E-state index in [1.54, 1.807) is 6.07 Å². The standard InChI is InChI=1S/C14H17BrClNO/c1-2-17(11-5-3-4-6-11)14(18)12-9-10(15)7-8-13(12)16/h7-9,11H,2-6H2,1H3. The zero-order chi connectivity index (χ0) is 13.1. The Kier molecular flexibility index (Phi) is 4.68. The van der Waals surface area contributed by atoms with E-state index in [0.717, 1.165) is 23.9 Å². The van der Waals surface area contributed by atoms with Crippen LogP contribution in [0.2, 0.25) is 5.02 Å². The molecular weight excluding hydrogens is 314 g/mol. The van der Waals surface area contributed by atoms with Crippen molar-refractivity contribution in [2.45, 2.75) is 38.6 Å². The summed E-state index contributed by atoms with van der Waals surface area (Å²) >= 11 is 9.52. The minimum Gasteiger partial charge on any atom is -0.336 e. The Hall–Kier alpha value is -0.540. The summed E-state index contributed by atoms with van der Waals surface area (Å²) in [7, 11) is 0. The zero-order valence-corrected chi connectivity index (χ0v) is 12.8. The topological polar surface area (TPSA) is 20.3 Å². The van der Waals surface area contributed by atoms with E-state index < -0.39 is 0 Å². The average molecular weight is 331 g/mol. The maximum Gasteiger partial charge on any atom is 0.255 e. The van der Waals surface area contributed by atoms with Crippen LogP contribution in [0.4, 0.5) is 0 Å².